The van der Waals surface area contributed by atoms with Crippen LogP contribution in [-0.2, 0) is 0 Å². The van der Waals surface area contributed by atoms with Crippen molar-refractivity contribution in [1.29, 1.82) is 5.26 Å². The molecule has 4 heteroatoms. The van der Waals surface area contributed by atoms with Crippen molar-refractivity contribution >= 4 is 23.0 Å². The van der Waals surface area contributed by atoms with Crippen LogP contribution in [0.3, 0.4) is 0 Å². The van der Waals surface area contributed by atoms with Gasteiger partial charge in [-0.15, -0.1) is 11.3 Å². The van der Waals surface area contributed by atoms with Crippen molar-refractivity contribution in [2.24, 2.45) is 0 Å². The van der Waals surface area contributed by atoms with Gasteiger partial charge in [-0.3, -0.25) is 0 Å². The van der Waals surface area contributed by atoms with Crippen LogP contribution in [-0.4, -0.2) is 4.98 Å². The van der Waals surface area contributed by atoms with Gasteiger partial charge in [0.25, 0.3) is 0 Å². The largest absolute Gasteiger partial charge is 0.472 e. The summed E-state index contributed by atoms with van der Waals surface area (Å²) in [4.78, 5) is 4.52. The number of hydrogen-bond donors (Lipinski definition) is 0. The van der Waals surface area contributed by atoms with Gasteiger partial charge in [0.15, 0.2) is 0 Å². The second-order valence-corrected chi connectivity index (χ2v) is 4.94. The molecule has 0 atom stereocenters. The van der Waals surface area contributed by atoms with Gasteiger partial charge in [-0.2, -0.15) is 5.26 Å². The van der Waals surface area contributed by atoms with Crippen LogP contribution < -0.4 is 0 Å². The molecule has 17 heavy (non-hydrogen) atoms. The average Bonchev–Trinajstić information content (AvgIpc) is 2.89. The number of furan rings is 1. The first-order valence-electron chi connectivity index (χ1n) is 5.46. The van der Waals surface area contributed by atoms with Gasteiger partial charge in [0.2, 0.25) is 0 Å². The summed E-state index contributed by atoms with van der Waals surface area (Å²) in [6, 6.07) is 4.02. The molecule has 84 valence electrons. The Labute approximate surface area is 103 Å². The molecule has 1 aliphatic carbocycles. The monoisotopic (exact) mass is 242 g/mol. The molecule has 2 aromatic heterocycles. The molecule has 3 nitrogen and oxygen atoms in total. The average molecular weight is 242 g/mol. The molecule has 0 amide bonds. The topological polar surface area (TPSA) is 49.8 Å². The zero-order chi connectivity index (χ0) is 11.7. The molecule has 1 fully saturated rings. The van der Waals surface area contributed by atoms with Crippen molar-refractivity contribution < 1.29 is 4.42 Å². The Bertz CT molecular complexity index is 585. The van der Waals surface area contributed by atoms with Gasteiger partial charge < -0.3 is 4.42 Å². The van der Waals surface area contributed by atoms with E-state index < -0.39 is 0 Å². The fourth-order valence-corrected chi connectivity index (χ4v) is 2.51. The maximum Gasteiger partial charge on any atom is 0.134 e. The van der Waals surface area contributed by atoms with Crippen molar-refractivity contribution in [3.05, 3.63) is 40.2 Å². The van der Waals surface area contributed by atoms with E-state index in [-0.39, 0.29) is 0 Å². The summed E-state index contributed by atoms with van der Waals surface area (Å²) in [5, 5.41) is 12.0. The molecular formula is C13H10N2OS. The van der Waals surface area contributed by atoms with Gasteiger partial charge in [0.05, 0.1) is 23.8 Å². The van der Waals surface area contributed by atoms with Crippen molar-refractivity contribution in [2.75, 3.05) is 0 Å². The Morgan fingerprint density at radius 2 is 2.47 bits per heavy atom. The van der Waals surface area contributed by atoms with Crippen molar-refractivity contribution in [3.63, 3.8) is 0 Å². The maximum atomic E-state index is 9.16. The quantitative estimate of drug-likeness (QED) is 0.771. The van der Waals surface area contributed by atoms with Crippen LogP contribution in [0.2, 0.25) is 0 Å². The summed E-state index contributed by atoms with van der Waals surface area (Å²) in [5.41, 5.74) is 2.63. The molecule has 1 aliphatic rings. The molecule has 0 unspecified atom stereocenters. The van der Waals surface area contributed by atoms with E-state index in [2.05, 4.69) is 16.4 Å². The predicted octanol–water partition coefficient (Wildman–Crippen LogP) is 3.68. The Kier molecular flexibility index (Phi) is 2.54. The van der Waals surface area contributed by atoms with E-state index in [1.54, 1.807) is 18.6 Å². The lowest BCUT2D eigenvalue weighted by Gasteiger charge is -1.91. The summed E-state index contributed by atoms with van der Waals surface area (Å²) in [6.45, 7) is 0. The van der Waals surface area contributed by atoms with Gasteiger partial charge in [0.1, 0.15) is 11.1 Å². The smallest absolute Gasteiger partial charge is 0.134 e. The fourth-order valence-electron chi connectivity index (χ4n) is 1.64. The number of rotatable bonds is 3. The van der Waals surface area contributed by atoms with Crippen molar-refractivity contribution in [3.8, 4) is 6.07 Å². The second-order valence-electron chi connectivity index (χ2n) is 4.08. The molecule has 0 radical (unpaired) electrons. The minimum absolute atomic E-state index is 0.600. The van der Waals surface area contributed by atoms with Crippen LogP contribution in [0.1, 0.15) is 35.0 Å². The maximum absolute atomic E-state index is 9.16. The minimum atomic E-state index is 0.600. The van der Waals surface area contributed by atoms with E-state index in [1.807, 2.05) is 6.07 Å². The Hall–Kier alpha value is -1.86. The van der Waals surface area contributed by atoms with E-state index in [0.717, 1.165) is 16.3 Å². The molecule has 3 rings (SSSR count). The fraction of sp³-hybridized carbons (Fsp3) is 0.231. The van der Waals surface area contributed by atoms with Gasteiger partial charge in [-0.05, 0) is 25.0 Å². The van der Waals surface area contributed by atoms with Gasteiger partial charge >= 0.3 is 0 Å². The van der Waals surface area contributed by atoms with Crippen LogP contribution in [0, 0.1) is 11.3 Å². The second kappa shape index (κ2) is 4.19. The Balaban J connectivity index is 1.91. The first-order valence-corrected chi connectivity index (χ1v) is 6.34. The molecular weight excluding hydrogens is 232 g/mol. The summed E-state index contributed by atoms with van der Waals surface area (Å²) < 4.78 is 4.98. The third kappa shape index (κ3) is 2.15. The number of hydrogen-bond acceptors (Lipinski definition) is 4. The first-order chi connectivity index (χ1) is 8.36. The molecule has 0 bridgehead atoms. The number of nitrogens with zero attached hydrogens (tertiary/aromatic N) is 2. The summed E-state index contributed by atoms with van der Waals surface area (Å²) in [5.74, 6) is 0.633. The number of allylic oxidation sites excluding steroid dienone is 1. The van der Waals surface area contributed by atoms with Gasteiger partial charge in [-0.1, -0.05) is 0 Å². The van der Waals surface area contributed by atoms with Crippen molar-refractivity contribution in [1.82, 2.24) is 4.98 Å². The van der Waals surface area contributed by atoms with E-state index in [1.165, 1.54) is 24.2 Å². The predicted molar refractivity (Wildman–Crippen MR) is 66.3 cm³/mol. The standard InChI is InChI=1S/C13H10N2OS/c14-6-11(5-9-3-4-16-7-9)13-15-12(8-17-13)10-1-2-10/h3-5,7-8,10H,1-2H2/b11-5-. The molecule has 0 aliphatic heterocycles. The number of aromatic nitrogens is 1. The lowest BCUT2D eigenvalue weighted by molar-refractivity contribution is 0.567. The molecule has 2 heterocycles. The minimum Gasteiger partial charge on any atom is -0.472 e. The van der Waals surface area contributed by atoms with Crippen LogP contribution in [0.5, 0.6) is 0 Å². The molecule has 2 aromatic rings. The third-order valence-corrected chi connectivity index (χ3v) is 3.62. The molecule has 0 N–H and O–H groups in total. The zero-order valence-corrected chi connectivity index (χ0v) is 9.91. The highest BCUT2D eigenvalue weighted by Gasteiger charge is 2.26. The summed E-state index contributed by atoms with van der Waals surface area (Å²) in [7, 11) is 0. The number of nitriles is 1. The number of thiazole rings is 1. The van der Waals surface area contributed by atoms with Crippen LogP contribution in [0.15, 0.2) is 28.4 Å². The van der Waals surface area contributed by atoms with E-state index >= 15 is 0 Å². The Morgan fingerprint density at radius 1 is 1.59 bits per heavy atom. The highest BCUT2D eigenvalue weighted by molar-refractivity contribution is 7.11. The van der Waals surface area contributed by atoms with Crippen LogP contribution in [0.4, 0.5) is 0 Å². The Morgan fingerprint density at radius 3 is 3.12 bits per heavy atom. The molecule has 0 saturated heterocycles. The third-order valence-electron chi connectivity index (χ3n) is 2.72. The van der Waals surface area contributed by atoms with E-state index in [9.17, 15) is 0 Å². The van der Waals surface area contributed by atoms with E-state index in [4.69, 9.17) is 9.68 Å². The zero-order valence-electron chi connectivity index (χ0n) is 9.09. The summed E-state index contributed by atoms with van der Waals surface area (Å²) >= 11 is 1.54. The van der Waals surface area contributed by atoms with Gasteiger partial charge in [-0.25, -0.2) is 4.98 Å². The highest BCUT2D eigenvalue weighted by atomic mass is 32.1. The molecule has 1 saturated carbocycles. The van der Waals surface area contributed by atoms with Crippen LogP contribution in [0.25, 0.3) is 11.6 Å². The SMILES string of the molecule is N#C/C(=C/c1ccoc1)c1nc(C2CC2)cs1. The van der Waals surface area contributed by atoms with Crippen LogP contribution >= 0.6 is 11.3 Å². The first kappa shape index (κ1) is 10.3. The molecule has 0 aromatic carbocycles. The lowest BCUT2D eigenvalue weighted by atomic mass is 10.2. The highest BCUT2D eigenvalue weighted by Crippen LogP contribution is 2.40. The van der Waals surface area contributed by atoms with Crippen molar-refractivity contribution in [2.45, 2.75) is 18.8 Å². The lowest BCUT2D eigenvalue weighted by Crippen LogP contribution is -1.83. The normalized spacial score (nSPS) is 15.8. The molecule has 0 spiro atoms. The summed E-state index contributed by atoms with van der Waals surface area (Å²) in [6.07, 6.45) is 7.48. The van der Waals surface area contributed by atoms with Gasteiger partial charge in [0, 0.05) is 16.9 Å². The van der Waals surface area contributed by atoms with E-state index in [0.29, 0.717) is 11.5 Å².